The number of rotatable bonds is 7. The number of hydrogen-bond acceptors (Lipinski definition) is 5. The van der Waals surface area contributed by atoms with Crippen LogP contribution in [0.25, 0.3) is 11.1 Å². The summed E-state index contributed by atoms with van der Waals surface area (Å²) in [6.07, 6.45) is 2.22. The van der Waals surface area contributed by atoms with Crippen LogP contribution in [0.1, 0.15) is 63.0 Å². The van der Waals surface area contributed by atoms with E-state index in [1.165, 1.54) is 4.90 Å². The van der Waals surface area contributed by atoms with Crippen molar-refractivity contribution in [2.24, 2.45) is 5.92 Å². The highest BCUT2D eigenvalue weighted by Gasteiger charge is 2.45. The number of aliphatic carboxylic acids is 1. The van der Waals surface area contributed by atoms with Gasteiger partial charge < -0.3 is 25.4 Å². The Morgan fingerprint density at radius 2 is 1.62 bits per heavy atom. The van der Waals surface area contributed by atoms with Crippen LogP contribution in [-0.4, -0.2) is 64.7 Å². The maximum atomic E-state index is 13.3. The third-order valence-corrected chi connectivity index (χ3v) is 8.25. The molecular formula is C30H35N3O6. The largest absolute Gasteiger partial charge is 0.480 e. The Morgan fingerprint density at radius 3 is 2.23 bits per heavy atom. The second-order valence-electron chi connectivity index (χ2n) is 11.0. The van der Waals surface area contributed by atoms with Crippen LogP contribution in [-0.2, 0) is 19.1 Å². The number of benzene rings is 2. The van der Waals surface area contributed by atoms with Gasteiger partial charge in [-0.2, -0.15) is 0 Å². The van der Waals surface area contributed by atoms with Crippen LogP contribution in [0.2, 0.25) is 0 Å². The van der Waals surface area contributed by atoms with Crippen LogP contribution in [0.3, 0.4) is 0 Å². The van der Waals surface area contributed by atoms with Crippen molar-refractivity contribution in [2.45, 2.75) is 76.0 Å². The van der Waals surface area contributed by atoms with Crippen LogP contribution in [0, 0.1) is 5.92 Å². The Balaban J connectivity index is 1.22. The summed E-state index contributed by atoms with van der Waals surface area (Å²) < 4.78 is 5.63. The minimum Gasteiger partial charge on any atom is -0.480 e. The molecule has 3 amide bonds. The molecule has 206 valence electrons. The van der Waals surface area contributed by atoms with E-state index in [-0.39, 0.29) is 30.4 Å². The topological polar surface area (TPSA) is 125 Å². The molecule has 0 saturated carbocycles. The van der Waals surface area contributed by atoms with Gasteiger partial charge in [-0.25, -0.2) is 9.59 Å². The van der Waals surface area contributed by atoms with Gasteiger partial charge in [0.25, 0.3) is 0 Å². The summed E-state index contributed by atoms with van der Waals surface area (Å²) in [6.45, 7) is 3.74. The molecule has 3 N–H and O–H groups in total. The number of carbonyl (C=O) groups is 4. The zero-order valence-electron chi connectivity index (χ0n) is 22.3. The number of alkyl carbamates (subject to hydrolysis) is 1. The molecule has 2 aromatic rings. The molecule has 2 saturated heterocycles. The number of nitrogens with one attached hydrogen (secondary N) is 2. The maximum Gasteiger partial charge on any atom is 0.407 e. The van der Waals surface area contributed by atoms with Gasteiger partial charge in [-0.15, -0.1) is 0 Å². The number of carboxylic acids is 1. The lowest BCUT2D eigenvalue weighted by Crippen LogP contribution is -2.57. The predicted molar refractivity (Wildman–Crippen MR) is 144 cm³/mol. The third-order valence-electron chi connectivity index (χ3n) is 8.25. The second kappa shape index (κ2) is 11.1. The van der Waals surface area contributed by atoms with Crippen molar-refractivity contribution in [3.63, 3.8) is 0 Å². The van der Waals surface area contributed by atoms with Crippen LogP contribution < -0.4 is 10.6 Å². The van der Waals surface area contributed by atoms with E-state index in [1.807, 2.05) is 36.4 Å². The fourth-order valence-corrected chi connectivity index (χ4v) is 6.30. The minimum atomic E-state index is -1.02. The first-order valence-electron chi connectivity index (χ1n) is 13.7. The van der Waals surface area contributed by atoms with Gasteiger partial charge in [-0.3, -0.25) is 9.59 Å². The number of amides is 3. The molecule has 4 atom stereocenters. The Kier molecular flexibility index (Phi) is 7.59. The van der Waals surface area contributed by atoms with Crippen molar-refractivity contribution in [3.8, 4) is 11.1 Å². The fraction of sp³-hybridized carbons (Fsp3) is 0.467. The van der Waals surface area contributed by atoms with Crippen LogP contribution in [0.5, 0.6) is 0 Å². The van der Waals surface area contributed by atoms with E-state index in [9.17, 15) is 24.3 Å². The number of ether oxygens (including phenoxy) is 1. The van der Waals surface area contributed by atoms with E-state index in [0.717, 1.165) is 22.3 Å². The van der Waals surface area contributed by atoms with Gasteiger partial charge in [0, 0.05) is 12.0 Å². The Labute approximate surface area is 227 Å². The highest BCUT2D eigenvalue weighted by Crippen LogP contribution is 2.44. The van der Waals surface area contributed by atoms with Crippen molar-refractivity contribution >= 4 is 23.9 Å². The molecule has 2 aromatic carbocycles. The van der Waals surface area contributed by atoms with E-state index in [2.05, 4.69) is 22.8 Å². The SMILES string of the molecule is CC(C)[C@H](NC(=O)OCC1c2ccccc2-c2ccccc21)C(=O)N[C@H]1CCC[C@H]2CC[C@@H](C(=O)O)N2C1=O. The van der Waals surface area contributed by atoms with Crippen molar-refractivity contribution in [2.75, 3.05) is 6.61 Å². The molecule has 3 aliphatic rings. The molecule has 9 nitrogen and oxygen atoms in total. The zero-order valence-corrected chi connectivity index (χ0v) is 22.3. The number of hydrogen-bond donors (Lipinski definition) is 3. The molecule has 0 radical (unpaired) electrons. The summed E-state index contributed by atoms with van der Waals surface area (Å²) in [6, 6.07) is 13.4. The van der Waals surface area contributed by atoms with E-state index < -0.39 is 36.1 Å². The first-order chi connectivity index (χ1) is 18.8. The number of carboxylic acid groups (broad SMARTS) is 1. The normalized spacial score (nSPS) is 22.9. The Hall–Kier alpha value is -3.88. The van der Waals surface area contributed by atoms with Crippen LogP contribution >= 0.6 is 0 Å². The van der Waals surface area contributed by atoms with Gasteiger partial charge in [-0.05, 0) is 60.3 Å². The summed E-state index contributed by atoms with van der Waals surface area (Å²) >= 11 is 0. The average Bonchev–Trinajstić information content (AvgIpc) is 3.44. The Morgan fingerprint density at radius 1 is 0.974 bits per heavy atom. The van der Waals surface area contributed by atoms with Gasteiger partial charge in [-0.1, -0.05) is 62.4 Å². The second-order valence-corrected chi connectivity index (χ2v) is 11.0. The summed E-state index contributed by atoms with van der Waals surface area (Å²) in [5.74, 6) is -2.23. The van der Waals surface area contributed by atoms with E-state index >= 15 is 0 Å². The molecule has 0 unspecified atom stereocenters. The smallest absolute Gasteiger partial charge is 0.407 e. The summed E-state index contributed by atoms with van der Waals surface area (Å²) in [7, 11) is 0. The van der Waals surface area contributed by atoms with Gasteiger partial charge in [0.05, 0.1) is 0 Å². The Bertz CT molecular complexity index is 1230. The summed E-state index contributed by atoms with van der Waals surface area (Å²) in [5, 5.41) is 15.1. The molecule has 2 heterocycles. The molecule has 1 aliphatic carbocycles. The van der Waals surface area contributed by atoms with Gasteiger partial charge >= 0.3 is 12.1 Å². The summed E-state index contributed by atoms with van der Waals surface area (Å²) in [5.41, 5.74) is 4.44. The highest BCUT2D eigenvalue weighted by atomic mass is 16.5. The molecule has 2 fully saturated rings. The average molecular weight is 534 g/mol. The maximum absolute atomic E-state index is 13.3. The molecule has 9 heteroatoms. The van der Waals surface area contributed by atoms with E-state index in [4.69, 9.17) is 4.74 Å². The van der Waals surface area contributed by atoms with Crippen molar-refractivity contribution < 1.29 is 29.0 Å². The molecule has 0 aromatic heterocycles. The van der Waals surface area contributed by atoms with Gasteiger partial charge in [0.1, 0.15) is 24.7 Å². The first kappa shape index (κ1) is 26.7. The van der Waals surface area contributed by atoms with Crippen LogP contribution in [0.4, 0.5) is 4.79 Å². The predicted octanol–water partition coefficient (Wildman–Crippen LogP) is 3.66. The molecule has 0 bridgehead atoms. The number of nitrogens with zero attached hydrogens (tertiary/aromatic N) is 1. The molecular weight excluding hydrogens is 498 g/mol. The van der Waals surface area contributed by atoms with Crippen molar-refractivity contribution in [3.05, 3.63) is 59.7 Å². The van der Waals surface area contributed by atoms with E-state index in [0.29, 0.717) is 32.1 Å². The lowest BCUT2D eigenvalue weighted by Gasteiger charge is -2.30. The molecule has 5 rings (SSSR count). The van der Waals surface area contributed by atoms with Gasteiger partial charge in [0.2, 0.25) is 11.8 Å². The fourth-order valence-electron chi connectivity index (χ4n) is 6.30. The molecule has 0 spiro atoms. The highest BCUT2D eigenvalue weighted by molar-refractivity contribution is 5.93. The lowest BCUT2D eigenvalue weighted by atomic mass is 9.98. The number of carbonyl (C=O) groups excluding carboxylic acids is 3. The standard InChI is InChI=1S/C30H35N3O6/c1-17(2)26(27(34)31-24-13-7-8-18-14-15-25(29(36)37)33(18)28(24)35)32-30(38)39-16-23-21-11-5-3-9-19(21)20-10-4-6-12-22(20)23/h3-6,9-12,17-18,23-26H,7-8,13-16H2,1-2H3,(H,31,34)(H,32,38)(H,36,37)/t18-,24-,25-,26-/m0/s1. The monoisotopic (exact) mass is 533 g/mol. The van der Waals surface area contributed by atoms with Crippen molar-refractivity contribution in [1.82, 2.24) is 15.5 Å². The molecule has 2 aliphatic heterocycles. The molecule has 39 heavy (non-hydrogen) atoms. The number of fused-ring (bicyclic) bond motifs is 4. The van der Waals surface area contributed by atoms with Gasteiger partial charge in [0.15, 0.2) is 0 Å². The van der Waals surface area contributed by atoms with Crippen molar-refractivity contribution in [1.29, 1.82) is 0 Å². The van der Waals surface area contributed by atoms with Crippen LogP contribution in [0.15, 0.2) is 48.5 Å². The van der Waals surface area contributed by atoms with E-state index in [1.54, 1.807) is 13.8 Å². The zero-order chi connectivity index (χ0) is 27.7. The third kappa shape index (κ3) is 5.22. The first-order valence-corrected chi connectivity index (χ1v) is 13.7. The quantitative estimate of drug-likeness (QED) is 0.499. The summed E-state index contributed by atoms with van der Waals surface area (Å²) in [4.78, 5) is 52.6. The lowest BCUT2D eigenvalue weighted by molar-refractivity contribution is -0.150. The minimum absolute atomic E-state index is 0.103.